The molecule has 9 heteroatoms. The Balaban J connectivity index is 1.55. The van der Waals surface area contributed by atoms with Crippen LogP contribution in [-0.2, 0) is 20.9 Å². The van der Waals surface area contributed by atoms with Gasteiger partial charge in [-0.1, -0.05) is 12.1 Å². The molecule has 2 aromatic heterocycles. The van der Waals surface area contributed by atoms with Gasteiger partial charge in [-0.05, 0) is 49.4 Å². The summed E-state index contributed by atoms with van der Waals surface area (Å²) >= 11 is 0. The molecule has 162 valence electrons. The van der Waals surface area contributed by atoms with E-state index in [4.69, 9.17) is 13.6 Å². The highest BCUT2D eigenvalue weighted by atomic mass is 16.5. The summed E-state index contributed by atoms with van der Waals surface area (Å²) in [6.07, 6.45) is 2.70. The summed E-state index contributed by atoms with van der Waals surface area (Å²) in [4.78, 5) is 49.7. The molecule has 0 bridgehead atoms. The lowest BCUT2D eigenvalue weighted by atomic mass is 10.1. The van der Waals surface area contributed by atoms with E-state index < -0.39 is 23.8 Å². The molecule has 1 aliphatic heterocycles. The Morgan fingerprint density at radius 2 is 1.88 bits per heavy atom. The molecule has 0 radical (unpaired) electrons. The van der Waals surface area contributed by atoms with Gasteiger partial charge >= 0.3 is 12.0 Å². The van der Waals surface area contributed by atoms with E-state index in [0.717, 1.165) is 4.90 Å². The molecule has 3 heterocycles. The molecule has 0 aliphatic carbocycles. The van der Waals surface area contributed by atoms with Gasteiger partial charge in [0, 0.05) is 5.56 Å². The number of hydrogen-bond acceptors (Lipinski definition) is 7. The highest BCUT2D eigenvalue weighted by molar-refractivity contribution is 6.30. The normalized spacial score (nSPS) is 15.2. The summed E-state index contributed by atoms with van der Waals surface area (Å²) in [5.41, 5.74) is 0.863. The Kier molecular flexibility index (Phi) is 5.71. The first kappa shape index (κ1) is 20.9. The van der Waals surface area contributed by atoms with Crippen LogP contribution >= 0.6 is 0 Å². The van der Waals surface area contributed by atoms with Crippen LogP contribution in [0, 0.1) is 0 Å². The van der Waals surface area contributed by atoms with Gasteiger partial charge < -0.3 is 13.6 Å². The van der Waals surface area contributed by atoms with Gasteiger partial charge in [0.25, 0.3) is 11.8 Å². The molecule has 1 aromatic carbocycles. The highest BCUT2D eigenvalue weighted by Gasteiger charge is 2.36. The summed E-state index contributed by atoms with van der Waals surface area (Å²) in [5.74, 6) is -0.868. The van der Waals surface area contributed by atoms with Crippen molar-refractivity contribution in [2.24, 2.45) is 0 Å². The summed E-state index contributed by atoms with van der Waals surface area (Å²) in [6, 6.07) is 12.3. The third-order valence-electron chi connectivity index (χ3n) is 4.67. The molecule has 1 aliphatic rings. The largest absolute Gasteiger partial charge is 0.467 e. The molecule has 1 saturated heterocycles. The minimum atomic E-state index is -0.824. The van der Waals surface area contributed by atoms with Gasteiger partial charge in [-0.25, -0.2) is 9.59 Å². The fourth-order valence-electron chi connectivity index (χ4n) is 3.11. The van der Waals surface area contributed by atoms with Crippen molar-refractivity contribution < 1.29 is 32.7 Å². The van der Waals surface area contributed by atoms with Crippen molar-refractivity contribution in [3.05, 3.63) is 77.5 Å². The Bertz CT molecular complexity index is 1200. The number of hydrogen-bond donors (Lipinski definition) is 1. The van der Waals surface area contributed by atoms with Gasteiger partial charge in [0.2, 0.25) is 0 Å². The van der Waals surface area contributed by atoms with Crippen molar-refractivity contribution in [2.75, 3.05) is 6.61 Å². The second kappa shape index (κ2) is 8.76. The van der Waals surface area contributed by atoms with Gasteiger partial charge in [-0.15, -0.1) is 0 Å². The summed E-state index contributed by atoms with van der Waals surface area (Å²) in [7, 11) is 0. The summed E-state index contributed by atoms with van der Waals surface area (Å²) in [6.45, 7) is 1.90. The fourth-order valence-corrected chi connectivity index (χ4v) is 3.11. The molecule has 0 spiro atoms. The Labute approximate surface area is 182 Å². The third kappa shape index (κ3) is 4.22. The number of benzene rings is 1. The van der Waals surface area contributed by atoms with Crippen LogP contribution in [0.3, 0.4) is 0 Å². The molecule has 0 saturated carbocycles. The van der Waals surface area contributed by atoms with E-state index in [1.807, 2.05) is 0 Å². The number of rotatable bonds is 6. The lowest BCUT2D eigenvalue weighted by Crippen LogP contribution is -2.53. The SMILES string of the molecule is CCOC(=O)c1ccc(-c2ccc(C=C3C(=O)NC(=O)N(Cc4ccco4)C3=O)o2)cc1. The number of urea groups is 1. The average Bonchev–Trinajstić information content (AvgIpc) is 3.47. The molecule has 4 rings (SSSR count). The number of ether oxygens (including phenoxy) is 1. The van der Waals surface area contributed by atoms with Crippen molar-refractivity contribution in [1.82, 2.24) is 10.2 Å². The number of furan rings is 2. The maximum atomic E-state index is 12.8. The molecule has 0 unspecified atom stereocenters. The first-order valence-corrected chi connectivity index (χ1v) is 9.75. The zero-order chi connectivity index (χ0) is 22.7. The van der Waals surface area contributed by atoms with Crippen LogP contribution in [0.25, 0.3) is 17.4 Å². The fraction of sp³-hybridized carbons (Fsp3) is 0.130. The number of carbonyl (C=O) groups excluding carboxylic acids is 4. The van der Waals surface area contributed by atoms with Gasteiger partial charge in [-0.2, -0.15) is 0 Å². The van der Waals surface area contributed by atoms with E-state index in [1.165, 1.54) is 12.3 Å². The van der Waals surface area contributed by atoms with Crippen LogP contribution in [0.4, 0.5) is 4.79 Å². The maximum absolute atomic E-state index is 12.8. The molecule has 32 heavy (non-hydrogen) atoms. The number of carbonyl (C=O) groups is 4. The molecule has 4 amide bonds. The Morgan fingerprint density at radius 3 is 2.56 bits per heavy atom. The van der Waals surface area contributed by atoms with Crippen molar-refractivity contribution in [3.8, 4) is 11.3 Å². The summed E-state index contributed by atoms with van der Waals surface area (Å²) in [5, 5.41) is 2.14. The zero-order valence-electron chi connectivity index (χ0n) is 17.0. The van der Waals surface area contributed by atoms with E-state index >= 15 is 0 Å². The first-order valence-electron chi connectivity index (χ1n) is 9.75. The van der Waals surface area contributed by atoms with Crippen molar-refractivity contribution in [2.45, 2.75) is 13.5 Å². The predicted molar refractivity (Wildman–Crippen MR) is 111 cm³/mol. The highest BCUT2D eigenvalue weighted by Crippen LogP contribution is 2.25. The second-order valence-electron chi connectivity index (χ2n) is 6.79. The standard InChI is InChI=1S/C23H18N2O7/c1-2-30-22(28)15-7-5-14(6-8-15)19-10-9-16(32-19)12-18-20(26)24-23(29)25(21(18)27)13-17-4-3-11-31-17/h3-12H,2,13H2,1H3,(H,24,26,29). The Morgan fingerprint density at radius 1 is 1.09 bits per heavy atom. The molecule has 3 aromatic rings. The van der Waals surface area contributed by atoms with E-state index in [2.05, 4.69) is 5.32 Å². The van der Waals surface area contributed by atoms with E-state index in [1.54, 1.807) is 55.5 Å². The third-order valence-corrected chi connectivity index (χ3v) is 4.67. The number of barbiturate groups is 1. The van der Waals surface area contributed by atoms with Crippen LogP contribution in [0.1, 0.15) is 28.8 Å². The number of nitrogens with one attached hydrogen (secondary N) is 1. The quantitative estimate of drug-likeness (QED) is 0.359. The maximum Gasteiger partial charge on any atom is 0.338 e. The predicted octanol–water partition coefficient (Wildman–Crippen LogP) is 3.38. The number of amides is 4. The van der Waals surface area contributed by atoms with E-state index in [0.29, 0.717) is 22.6 Å². The number of nitrogens with zero attached hydrogens (tertiary/aromatic N) is 1. The topological polar surface area (TPSA) is 119 Å². The monoisotopic (exact) mass is 434 g/mol. The second-order valence-corrected chi connectivity index (χ2v) is 6.79. The van der Waals surface area contributed by atoms with E-state index in [9.17, 15) is 19.2 Å². The smallest absolute Gasteiger partial charge is 0.338 e. The molecule has 0 atom stereocenters. The molecular formula is C23H18N2O7. The van der Waals surface area contributed by atoms with Crippen LogP contribution in [-0.4, -0.2) is 35.3 Å². The van der Waals surface area contributed by atoms with Gasteiger partial charge in [0.05, 0.1) is 25.0 Å². The molecule has 9 nitrogen and oxygen atoms in total. The first-order chi connectivity index (χ1) is 15.5. The minimum Gasteiger partial charge on any atom is -0.467 e. The van der Waals surface area contributed by atoms with Gasteiger partial charge in [0.15, 0.2) is 0 Å². The lowest BCUT2D eigenvalue weighted by molar-refractivity contribution is -0.130. The Hall–Kier alpha value is -4.40. The number of esters is 1. The van der Waals surface area contributed by atoms with Crippen LogP contribution in [0.15, 0.2) is 69.2 Å². The summed E-state index contributed by atoms with van der Waals surface area (Å²) < 4.78 is 15.9. The van der Waals surface area contributed by atoms with Crippen molar-refractivity contribution in [3.63, 3.8) is 0 Å². The van der Waals surface area contributed by atoms with Crippen molar-refractivity contribution >= 4 is 29.9 Å². The van der Waals surface area contributed by atoms with Gasteiger partial charge in [0.1, 0.15) is 22.9 Å². The number of imide groups is 2. The molecule has 1 N–H and O–H groups in total. The lowest BCUT2D eigenvalue weighted by Gasteiger charge is -2.25. The van der Waals surface area contributed by atoms with Crippen LogP contribution in [0.2, 0.25) is 0 Å². The van der Waals surface area contributed by atoms with E-state index in [-0.39, 0.29) is 24.5 Å². The average molecular weight is 434 g/mol. The zero-order valence-corrected chi connectivity index (χ0v) is 17.0. The minimum absolute atomic E-state index is 0.113. The molecular weight excluding hydrogens is 416 g/mol. The molecule has 1 fully saturated rings. The van der Waals surface area contributed by atoms with Crippen LogP contribution in [0.5, 0.6) is 0 Å². The van der Waals surface area contributed by atoms with Crippen molar-refractivity contribution in [1.29, 1.82) is 0 Å². The van der Waals surface area contributed by atoms with Gasteiger partial charge in [-0.3, -0.25) is 19.8 Å². The van der Waals surface area contributed by atoms with Crippen LogP contribution < -0.4 is 5.32 Å².